The molecular formula is C15H13Cl3N2O4S2. The maximum Gasteiger partial charge on any atom is 0.267 e. The lowest BCUT2D eigenvalue weighted by Gasteiger charge is -2.25. The summed E-state index contributed by atoms with van der Waals surface area (Å²) in [6, 6.07) is 6.19. The Morgan fingerprint density at radius 1 is 1.04 bits per heavy atom. The molecule has 1 atom stereocenters. The van der Waals surface area contributed by atoms with Crippen molar-refractivity contribution in [1.29, 1.82) is 0 Å². The van der Waals surface area contributed by atoms with Gasteiger partial charge in [-0.05, 0) is 49.2 Å². The molecule has 0 fully saturated rings. The highest BCUT2D eigenvalue weighted by molar-refractivity contribution is 7.93. The van der Waals surface area contributed by atoms with E-state index in [1.54, 1.807) is 6.92 Å². The fourth-order valence-corrected chi connectivity index (χ4v) is 6.76. The van der Waals surface area contributed by atoms with Crippen molar-refractivity contribution in [2.24, 2.45) is 5.14 Å². The summed E-state index contributed by atoms with van der Waals surface area (Å²) in [6.07, 6.45) is 0.320. The van der Waals surface area contributed by atoms with Gasteiger partial charge in [-0.3, -0.25) is 4.31 Å². The van der Waals surface area contributed by atoms with Crippen molar-refractivity contribution in [2.45, 2.75) is 29.2 Å². The molecular weight excluding hydrogens is 443 g/mol. The first-order valence-electron chi connectivity index (χ1n) is 7.27. The van der Waals surface area contributed by atoms with Gasteiger partial charge in [-0.2, -0.15) is 0 Å². The first kappa shape index (κ1) is 19.7. The molecule has 0 spiro atoms. The summed E-state index contributed by atoms with van der Waals surface area (Å²) in [5, 5.41) is 5.17. The normalized spacial score (nSPS) is 17.4. The maximum atomic E-state index is 13.2. The third-order valence-corrected chi connectivity index (χ3v) is 7.99. The molecule has 3 rings (SSSR count). The molecule has 0 saturated carbocycles. The summed E-state index contributed by atoms with van der Waals surface area (Å²) >= 11 is 18.0. The van der Waals surface area contributed by atoms with Crippen LogP contribution in [0.5, 0.6) is 0 Å². The molecule has 0 amide bonds. The van der Waals surface area contributed by atoms with E-state index in [2.05, 4.69) is 0 Å². The number of primary sulfonamides is 1. The smallest absolute Gasteiger partial charge is 0.263 e. The average Bonchev–Trinajstić information content (AvgIpc) is 2.80. The minimum atomic E-state index is -4.10. The van der Waals surface area contributed by atoms with Gasteiger partial charge in [0.15, 0.2) is 0 Å². The van der Waals surface area contributed by atoms with Crippen molar-refractivity contribution in [2.75, 3.05) is 4.31 Å². The van der Waals surface area contributed by atoms with Crippen LogP contribution < -0.4 is 9.44 Å². The Bertz CT molecular complexity index is 1090. The van der Waals surface area contributed by atoms with Crippen molar-refractivity contribution in [3.8, 4) is 0 Å². The summed E-state index contributed by atoms with van der Waals surface area (Å²) in [5.41, 5.74) is 0.904. The highest BCUT2D eigenvalue weighted by atomic mass is 35.5. The van der Waals surface area contributed by atoms with E-state index in [1.807, 2.05) is 0 Å². The fourth-order valence-electron chi connectivity index (χ4n) is 3.00. The number of fused-ring (bicyclic) bond motifs is 1. The SMILES string of the molecule is CC1Cc2cc(S(N)(=O)=O)ccc2N1S(=O)(=O)c1c(Cl)cc(Cl)cc1Cl. The van der Waals surface area contributed by atoms with Crippen LogP contribution in [0.4, 0.5) is 5.69 Å². The molecule has 1 aliphatic heterocycles. The molecule has 0 aromatic heterocycles. The zero-order valence-electron chi connectivity index (χ0n) is 13.3. The van der Waals surface area contributed by atoms with Gasteiger partial charge in [-0.25, -0.2) is 22.0 Å². The van der Waals surface area contributed by atoms with Crippen LogP contribution in [0.25, 0.3) is 0 Å². The number of nitrogens with zero attached hydrogens (tertiary/aromatic N) is 1. The number of hydrogen-bond acceptors (Lipinski definition) is 4. The average molecular weight is 456 g/mol. The second kappa shape index (κ2) is 6.54. The van der Waals surface area contributed by atoms with Crippen LogP contribution in [0.15, 0.2) is 40.1 Å². The molecule has 6 nitrogen and oxygen atoms in total. The molecule has 1 aliphatic rings. The molecule has 2 N–H and O–H groups in total. The number of benzene rings is 2. The van der Waals surface area contributed by atoms with E-state index in [9.17, 15) is 16.8 Å². The first-order valence-corrected chi connectivity index (χ1v) is 11.4. The van der Waals surface area contributed by atoms with Crippen LogP contribution in [0.3, 0.4) is 0 Å². The van der Waals surface area contributed by atoms with Crippen LogP contribution in [0.2, 0.25) is 15.1 Å². The molecule has 2 aromatic carbocycles. The predicted molar refractivity (Wildman–Crippen MR) is 102 cm³/mol. The molecule has 140 valence electrons. The van der Waals surface area contributed by atoms with Gasteiger partial charge in [0.1, 0.15) is 4.90 Å². The zero-order valence-corrected chi connectivity index (χ0v) is 17.2. The topological polar surface area (TPSA) is 97.5 Å². The van der Waals surface area contributed by atoms with E-state index >= 15 is 0 Å². The summed E-state index contributed by atoms with van der Waals surface area (Å²) in [6.45, 7) is 1.70. The van der Waals surface area contributed by atoms with Gasteiger partial charge >= 0.3 is 0 Å². The third kappa shape index (κ3) is 3.30. The van der Waals surface area contributed by atoms with E-state index in [1.165, 1.54) is 34.6 Å². The number of anilines is 1. The first-order chi connectivity index (χ1) is 11.9. The Hall–Kier alpha value is -1.03. The Kier molecular flexibility index (Phi) is 4.96. The molecule has 0 aliphatic carbocycles. The Morgan fingerprint density at radius 2 is 1.62 bits per heavy atom. The van der Waals surface area contributed by atoms with Crippen molar-refractivity contribution in [3.05, 3.63) is 51.0 Å². The highest BCUT2D eigenvalue weighted by Crippen LogP contribution is 2.41. The Morgan fingerprint density at radius 3 is 2.15 bits per heavy atom. The number of nitrogens with two attached hydrogens (primary N) is 1. The number of hydrogen-bond donors (Lipinski definition) is 1. The van der Waals surface area contributed by atoms with Gasteiger partial charge in [0.05, 0.1) is 20.6 Å². The fraction of sp³-hybridized carbons (Fsp3) is 0.200. The third-order valence-electron chi connectivity index (χ3n) is 4.01. The van der Waals surface area contributed by atoms with E-state index in [0.717, 1.165) is 0 Å². The lowest BCUT2D eigenvalue weighted by Crippen LogP contribution is -2.36. The van der Waals surface area contributed by atoms with Crippen LogP contribution in [-0.2, 0) is 26.5 Å². The predicted octanol–water partition coefficient (Wildman–Crippen LogP) is 3.43. The Labute approximate surface area is 166 Å². The minimum absolute atomic E-state index is 0.0785. The second-order valence-electron chi connectivity index (χ2n) is 5.89. The second-order valence-corrected chi connectivity index (χ2v) is 10.5. The van der Waals surface area contributed by atoms with Crippen LogP contribution in [0, 0.1) is 0 Å². The molecule has 0 saturated heterocycles. The molecule has 0 bridgehead atoms. The monoisotopic (exact) mass is 454 g/mol. The molecule has 26 heavy (non-hydrogen) atoms. The maximum absolute atomic E-state index is 13.2. The quantitative estimate of drug-likeness (QED) is 0.766. The van der Waals surface area contributed by atoms with Crippen molar-refractivity contribution in [3.63, 3.8) is 0 Å². The lowest BCUT2D eigenvalue weighted by atomic mass is 10.1. The van der Waals surface area contributed by atoms with Crippen LogP contribution in [-0.4, -0.2) is 22.9 Å². The largest absolute Gasteiger partial charge is 0.267 e. The molecule has 11 heteroatoms. The summed E-state index contributed by atoms with van der Waals surface area (Å²) in [4.78, 5) is -0.328. The number of sulfonamides is 2. The molecule has 2 aromatic rings. The van der Waals surface area contributed by atoms with E-state index in [4.69, 9.17) is 39.9 Å². The van der Waals surface area contributed by atoms with Crippen LogP contribution in [0.1, 0.15) is 12.5 Å². The summed E-state index contributed by atoms with van der Waals surface area (Å²) in [7, 11) is -7.99. The van der Waals surface area contributed by atoms with Gasteiger partial charge in [0.2, 0.25) is 10.0 Å². The molecule has 1 unspecified atom stereocenters. The van der Waals surface area contributed by atoms with Crippen LogP contribution >= 0.6 is 34.8 Å². The van der Waals surface area contributed by atoms with Crippen molar-refractivity contribution >= 4 is 60.5 Å². The van der Waals surface area contributed by atoms with Crippen molar-refractivity contribution in [1.82, 2.24) is 0 Å². The highest BCUT2D eigenvalue weighted by Gasteiger charge is 2.38. The van der Waals surface area contributed by atoms with Crippen molar-refractivity contribution < 1.29 is 16.8 Å². The van der Waals surface area contributed by atoms with Gasteiger partial charge in [0, 0.05) is 11.1 Å². The number of halogens is 3. The zero-order chi connectivity index (χ0) is 19.4. The van der Waals surface area contributed by atoms with Gasteiger partial charge in [-0.1, -0.05) is 34.8 Å². The molecule has 0 radical (unpaired) electrons. The molecule has 1 heterocycles. The minimum Gasteiger partial charge on any atom is -0.263 e. The lowest BCUT2D eigenvalue weighted by molar-refractivity contribution is 0.584. The van der Waals surface area contributed by atoms with E-state index in [0.29, 0.717) is 17.7 Å². The Balaban J connectivity index is 2.18. The standard InChI is InChI=1S/C15H13Cl3N2O4S2/c1-8-4-9-5-11(25(19,21)22)2-3-14(9)20(8)26(23,24)15-12(17)6-10(16)7-13(15)18/h2-3,5-8H,4H2,1H3,(H2,19,21,22). The van der Waals surface area contributed by atoms with E-state index in [-0.39, 0.29) is 24.9 Å². The summed E-state index contributed by atoms with van der Waals surface area (Å²) in [5.74, 6) is 0. The summed E-state index contributed by atoms with van der Waals surface area (Å²) < 4.78 is 50.7. The van der Waals surface area contributed by atoms with Gasteiger partial charge in [-0.15, -0.1) is 0 Å². The van der Waals surface area contributed by atoms with E-state index < -0.39 is 26.1 Å². The number of rotatable bonds is 3. The van der Waals surface area contributed by atoms with Gasteiger partial charge < -0.3 is 0 Å². The van der Waals surface area contributed by atoms with Gasteiger partial charge in [0.25, 0.3) is 10.0 Å².